The molecule has 1 aliphatic carbocycles. The number of aromatic nitrogens is 2. The van der Waals surface area contributed by atoms with Gasteiger partial charge in [-0.3, -0.25) is 0 Å². The summed E-state index contributed by atoms with van der Waals surface area (Å²) in [6.45, 7) is 5.50. The molecular weight excluding hydrogens is 277 g/mol. The molecular formula is C10H13BrClN3. The van der Waals surface area contributed by atoms with E-state index in [-0.39, 0.29) is 5.28 Å². The summed E-state index contributed by atoms with van der Waals surface area (Å²) in [5, 5.41) is 3.56. The van der Waals surface area contributed by atoms with Crippen molar-refractivity contribution in [3.05, 3.63) is 16.0 Å². The Balaban J connectivity index is 1.96. The second-order valence-electron chi connectivity index (χ2n) is 4.61. The van der Waals surface area contributed by atoms with Gasteiger partial charge in [0, 0.05) is 12.7 Å². The van der Waals surface area contributed by atoms with Gasteiger partial charge in [-0.25, -0.2) is 4.98 Å². The van der Waals surface area contributed by atoms with Crippen LogP contribution in [0.1, 0.15) is 20.3 Å². The summed E-state index contributed by atoms with van der Waals surface area (Å²) in [7, 11) is 0. The average molecular weight is 291 g/mol. The van der Waals surface area contributed by atoms with Crippen molar-refractivity contribution in [3.8, 4) is 0 Å². The Kier molecular flexibility index (Phi) is 2.90. The molecule has 0 bridgehead atoms. The van der Waals surface area contributed by atoms with E-state index < -0.39 is 0 Å². The molecule has 1 fully saturated rings. The lowest BCUT2D eigenvalue weighted by molar-refractivity contribution is 0.572. The number of anilines is 1. The van der Waals surface area contributed by atoms with Crippen molar-refractivity contribution in [2.24, 2.45) is 11.3 Å². The molecule has 1 N–H and O–H groups in total. The second kappa shape index (κ2) is 3.91. The summed E-state index contributed by atoms with van der Waals surface area (Å²) in [6.07, 6.45) is 2.94. The standard InChI is InChI=1S/C10H13BrClN3/c1-10(2)3-6(10)4-13-8-7(11)5-14-9(12)15-8/h5-6H,3-4H2,1-2H3,(H,13,14,15). The van der Waals surface area contributed by atoms with Crippen LogP contribution in [-0.2, 0) is 0 Å². The van der Waals surface area contributed by atoms with Gasteiger partial charge in [0.05, 0.1) is 4.47 Å². The van der Waals surface area contributed by atoms with Gasteiger partial charge in [0.1, 0.15) is 5.82 Å². The van der Waals surface area contributed by atoms with Crippen LogP contribution in [0.3, 0.4) is 0 Å². The van der Waals surface area contributed by atoms with Gasteiger partial charge in [-0.15, -0.1) is 0 Å². The van der Waals surface area contributed by atoms with Gasteiger partial charge in [0.25, 0.3) is 0 Å². The largest absolute Gasteiger partial charge is 0.369 e. The third-order valence-corrected chi connectivity index (χ3v) is 3.71. The van der Waals surface area contributed by atoms with Gasteiger partial charge < -0.3 is 5.32 Å². The second-order valence-corrected chi connectivity index (χ2v) is 5.80. The molecule has 0 aliphatic heterocycles. The Bertz CT molecular complexity index is 381. The third kappa shape index (κ3) is 2.61. The van der Waals surface area contributed by atoms with Crippen molar-refractivity contribution >= 4 is 33.3 Å². The lowest BCUT2D eigenvalue weighted by Gasteiger charge is -2.08. The number of rotatable bonds is 3. The van der Waals surface area contributed by atoms with Gasteiger partial charge >= 0.3 is 0 Å². The minimum Gasteiger partial charge on any atom is -0.369 e. The molecule has 0 radical (unpaired) electrons. The van der Waals surface area contributed by atoms with Crippen molar-refractivity contribution in [1.82, 2.24) is 9.97 Å². The molecule has 1 heterocycles. The molecule has 1 aliphatic rings. The fourth-order valence-electron chi connectivity index (χ4n) is 1.61. The SMILES string of the molecule is CC1(C)CC1CNc1nc(Cl)ncc1Br. The van der Waals surface area contributed by atoms with Gasteiger partial charge in [-0.2, -0.15) is 4.98 Å². The van der Waals surface area contributed by atoms with E-state index in [1.165, 1.54) is 6.42 Å². The highest BCUT2D eigenvalue weighted by Crippen LogP contribution is 2.51. The van der Waals surface area contributed by atoms with E-state index in [4.69, 9.17) is 11.6 Å². The molecule has 1 atom stereocenters. The maximum atomic E-state index is 5.72. The molecule has 0 saturated heterocycles. The predicted octanol–water partition coefficient (Wildman–Crippen LogP) is 3.35. The van der Waals surface area contributed by atoms with E-state index in [2.05, 4.69) is 45.1 Å². The minimum atomic E-state index is 0.274. The quantitative estimate of drug-likeness (QED) is 0.868. The first kappa shape index (κ1) is 11.1. The van der Waals surface area contributed by atoms with Gasteiger partial charge in [0.15, 0.2) is 0 Å². The van der Waals surface area contributed by atoms with Crippen LogP contribution in [0.2, 0.25) is 5.28 Å². The van der Waals surface area contributed by atoms with E-state index in [9.17, 15) is 0 Å². The fraction of sp³-hybridized carbons (Fsp3) is 0.600. The van der Waals surface area contributed by atoms with Crippen molar-refractivity contribution in [2.75, 3.05) is 11.9 Å². The molecule has 2 rings (SSSR count). The summed E-state index contributed by atoms with van der Waals surface area (Å²) < 4.78 is 0.852. The Hall–Kier alpha value is -0.350. The summed E-state index contributed by atoms with van der Waals surface area (Å²) in [5.74, 6) is 1.51. The smallest absolute Gasteiger partial charge is 0.224 e. The highest BCUT2D eigenvalue weighted by Gasteiger charge is 2.45. The normalized spacial score (nSPS) is 22.5. The monoisotopic (exact) mass is 289 g/mol. The van der Waals surface area contributed by atoms with Gasteiger partial charge in [-0.1, -0.05) is 13.8 Å². The number of halogens is 2. The fourth-order valence-corrected chi connectivity index (χ4v) is 2.08. The first-order valence-corrected chi connectivity index (χ1v) is 6.08. The maximum Gasteiger partial charge on any atom is 0.224 e. The molecule has 5 heteroatoms. The molecule has 1 aromatic heterocycles. The van der Waals surface area contributed by atoms with Crippen LogP contribution in [-0.4, -0.2) is 16.5 Å². The molecule has 0 amide bonds. The van der Waals surface area contributed by atoms with Crippen molar-refractivity contribution < 1.29 is 0 Å². The number of hydrogen-bond donors (Lipinski definition) is 1. The van der Waals surface area contributed by atoms with Crippen LogP contribution in [0.5, 0.6) is 0 Å². The van der Waals surface area contributed by atoms with E-state index in [1.807, 2.05) is 0 Å². The molecule has 82 valence electrons. The zero-order chi connectivity index (χ0) is 11.1. The summed E-state index contributed by atoms with van der Waals surface area (Å²) in [6, 6.07) is 0. The lowest BCUT2D eigenvalue weighted by atomic mass is 10.1. The Labute approximate surface area is 103 Å². The van der Waals surface area contributed by atoms with E-state index in [0.717, 1.165) is 22.8 Å². The van der Waals surface area contributed by atoms with Crippen molar-refractivity contribution in [1.29, 1.82) is 0 Å². The number of nitrogens with zero attached hydrogens (tertiary/aromatic N) is 2. The van der Waals surface area contributed by atoms with Crippen molar-refractivity contribution in [3.63, 3.8) is 0 Å². The zero-order valence-electron chi connectivity index (χ0n) is 8.72. The van der Waals surface area contributed by atoms with Crippen molar-refractivity contribution in [2.45, 2.75) is 20.3 Å². The molecule has 3 nitrogen and oxygen atoms in total. The molecule has 1 saturated carbocycles. The Morgan fingerprint density at radius 2 is 2.33 bits per heavy atom. The minimum absolute atomic E-state index is 0.274. The molecule has 1 aromatic rings. The van der Waals surface area contributed by atoms with Crippen LogP contribution in [0.25, 0.3) is 0 Å². The summed E-state index contributed by atoms with van der Waals surface area (Å²) >= 11 is 9.10. The highest BCUT2D eigenvalue weighted by molar-refractivity contribution is 9.10. The van der Waals surface area contributed by atoms with E-state index in [0.29, 0.717) is 5.41 Å². The van der Waals surface area contributed by atoms with Crippen LogP contribution in [0.15, 0.2) is 10.7 Å². The van der Waals surface area contributed by atoms with E-state index in [1.54, 1.807) is 6.20 Å². The Morgan fingerprint density at radius 1 is 1.67 bits per heavy atom. The molecule has 0 aromatic carbocycles. The number of hydrogen-bond acceptors (Lipinski definition) is 3. The summed E-state index contributed by atoms with van der Waals surface area (Å²) in [4.78, 5) is 7.99. The first-order valence-electron chi connectivity index (χ1n) is 4.91. The zero-order valence-corrected chi connectivity index (χ0v) is 11.1. The van der Waals surface area contributed by atoms with Crippen LogP contribution in [0, 0.1) is 11.3 Å². The predicted molar refractivity (Wildman–Crippen MR) is 65.1 cm³/mol. The number of nitrogens with one attached hydrogen (secondary N) is 1. The van der Waals surface area contributed by atoms with Crippen LogP contribution < -0.4 is 5.32 Å². The molecule has 0 spiro atoms. The highest BCUT2D eigenvalue weighted by atomic mass is 79.9. The maximum absolute atomic E-state index is 5.72. The van der Waals surface area contributed by atoms with E-state index >= 15 is 0 Å². The van der Waals surface area contributed by atoms with Gasteiger partial charge in [0.2, 0.25) is 5.28 Å². The van der Waals surface area contributed by atoms with Crippen LogP contribution >= 0.6 is 27.5 Å². The molecule has 1 unspecified atom stereocenters. The average Bonchev–Trinajstić information content (AvgIpc) is 2.76. The first-order chi connectivity index (χ1) is 6.99. The Morgan fingerprint density at radius 3 is 2.93 bits per heavy atom. The van der Waals surface area contributed by atoms with Gasteiger partial charge in [-0.05, 0) is 45.3 Å². The summed E-state index contributed by atoms with van der Waals surface area (Å²) in [5.41, 5.74) is 0.482. The topological polar surface area (TPSA) is 37.8 Å². The lowest BCUT2D eigenvalue weighted by Crippen LogP contribution is -2.09. The molecule has 15 heavy (non-hydrogen) atoms. The third-order valence-electron chi connectivity index (χ3n) is 2.95. The van der Waals surface area contributed by atoms with Crippen LogP contribution in [0.4, 0.5) is 5.82 Å².